The highest BCUT2D eigenvalue weighted by molar-refractivity contribution is 5.90. The Morgan fingerprint density at radius 1 is 1.20 bits per heavy atom. The van der Waals surface area contributed by atoms with Crippen LogP contribution in [0.5, 0.6) is 5.75 Å². The number of aromatic carboxylic acids is 1. The lowest BCUT2D eigenvalue weighted by molar-refractivity contribution is 0.0697. The quantitative estimate of drug-likeness (QED) is 0.892. The van der Waals surface area contributed by atoms with Gasteiger partial charge in [-0.25, -0.2) is 4.79 Å². The molecule has 2 aromatic rings. The van der Waals surface area contributed by atoms with Gasteiger partial charge in [0, 0.05) is 5.56 Å². The largest absolute Gasteiger partial charge is 0.496 e. The first-order valence-electron chi connectivity index (χ1n) is 6.66. The summed E-state index contributed by atoms with van der Waals surface area (Å²) in [6.07, 6.45) is 2.09. The summed E-state index contributed by atoms with van der Waals surface area (Å²) in [6.45, 7) is 2.14. The number of carboxylic acid groups (broad SMARTS) is 1. The Balaban J connectivity index is 2.51. The van der Waals surface area contributed by atoms with E-state index in [-0.39, 0.29) is 5.56 Å². The van der Waals surface area contributed by atoms with Crippen molar-refractivity contribution in [2.24, 2.45) is 0 Å². The lowest BCUT2D eigenvalue weighted by Gasteiger charge is -2.11. The highest BCUT2D eigenvalue weighted by atomic mass is 16.5. The lowest BCUT2D eigenvalue weighted by atomic mass is 9.98. The molecular formula is C17H18O3. The highest BCUT2D eigenvalue weighted by Crippen LogP contribution is 2.31. The Kier molecular flexibility index (Phi) is 4.41. The third kappa shape index (κ3) is 2.99. The van der Waals surface area contributed by atoms with Crippen LogP contribution in [0.15, 0.2) is 42.5 Å². The Hall–Kier alpha value is -2.29. The summed E-state index contributed by atoms with van der Waals surface area (Å²) in [6, 6.07) is 13.1. The summed E-state index contributed by atoms with van der Waals surface area (Å²) >= 11 is 0. The van der Waals surface area contributed by atoms with Crippen molar-refractivity contribution in [1.29, 1.82) is 0 Å². The van der Waals surface area contributed by atoms with Gasteiger partial charge in [-0.15, -0.1) is 0 Å². The van der Waals surface area contributed by atoms with Crippen molar-refractivity contribution >= 4 is 5.97 Å². The number of carboxylic acids is 1. The van der Waals surface area contributed by atoms with Crippen molar-refractivity contribution in [2.45, 2.75) is 19.8 Å². The number of ether oxygens (including phenoxy) is 1. The Labute approximate surface area is 118 Å². The number of methoxy groups -OCH3 is 1. The molecule has 2 rings (SSSR count). The Morgan fingerprint density at radius 2 is 2.00 bits per heavy atom. The minimum absolute atomic E-state index is 0.265. The second-order valence-electron chi connectivity index (χ2n) is 4.67. The molecule has 0 aliphatic carbocycles. The number of hydrogen-bond acceptors (Lipinski definition) is 2. The molecule has 20 heavy (non-hydrogen) atoms. The summed E-state index contributed by atoms with van der Waals surface area (Å²) in [5, 5.41) is 9.12. The van der Waals surface area contributed by atoms with Crippen molar-refractivity contribution in [3.05, 3.63) is 53.6 Å². The molecule has 0 saturated heterocycles. The number of aryl methyl sites for hydroxylation is 1. The van der Waals surface area contributed by atoms with Crippen molar-refractivity contribution in [3.8, 4) is 16.9 Å². The molecule has 0 saturated carbocycles. The van der Waals surface area contributed by atoms with Gasteiger partial charge in [0.05, 0.1) is 12.7 Å². The van der Waals surface area contributed by atoms with E-state index in [2.05, 4.69) is 19.1 Å². The van der Waals surface area contributed by atoms with Crippen molar-refractivity contribution in [1.82, 2.24) is 0 Å². The standard InChI is InChI=1S/C17H18O3/c1-3-5-12-6-4-7-13(10-12)15-11-14(17(18)19)8-9-16(15)20-2/h4,6-11H,3,5H2,1-2H3,(H,18,19). The normalized spacial score (nSPS) is 10.3. The van der Waals surface area contributed by atoms with Crippen LogP contribution < -0.4 is 4.74 Å². The highest BCUT2D eigenvalue weighted by Gasteiger charge is 2.11. The third-order valence-corrected chi connectivity index (χ3v) is 3.22. The SMILES string of the molecule is CCCc1cccc(-c2cc(C(=O)O)ccc2OC)c1. The van der Waals surface area contributed by atoms with E-state index in [9.17, 15) is 4.79 Å². The molecule has 104 valence electrons. The monoisotopic (exact) mass is 270 g/mol. The minimum Gasteiger partial charge on any atom is -0.496 e. The second kappa shape index (κ2) is 6.24. The molecule has 0 unspecified atom stereocenters. The van der Waals surface area contributed by atoms with Crippen LogP contribution in [-0.4, -0.2) is 18.2 Å². The summed E-state index contributed by atoms with van der Waals surface area (Å²) < 4.78 is 5.34. The van der Waals surface area contributed by atoms with Crippen LogP contribution in [0.2, 0.25) is 0 Å². The van der Waals surface area contributed by atoms with E-state index in [4.69, 9.17) is 9.84 Å². The lowest BCUT2D eigenvalue weighted by Crippen LogP contribution is -1.98. The van der Waals surface area contributed by atoms with Gasteiger partial charge in [0.1, 0.15) is 5.75 Å². The molecule has 0 bridgehead atoms. The van der Waals surface area contributed by atoms with Crippen LogP contribution in [0.1, 0.15) is 29.3 Å². The van der Waals surface area contributed by atoms with Gasteiger partial charge in [0.15, 0.2) is 0 Å². The van der Waals surface area contributed by atoms with Crippen LogP contribution >= 0.6 is 0 Å². The smallest absolute Gasteiger partial charge is 0.335 e. The van der Waals surface area contributed by atoms with Crippen LogP contribution in [0.3, 0.4) is 0 Å². The molecule has 1 N–H and O–H groups in total. The minimum atomic E-state index is -0.932. The average Bonchev–Trinajstić information content (AvgIpc) is 2.47. The van der Waals surface area contributed by atoms with Crippen molar-refractivity contribution in [3.63, 3.8) is 0 Å². The first kappa shape index (κ1) is 14.1. The van der Waals surface area contributed by atoms with E-state index in [1.165, 1.54) is 5.56 Å². The molecule has 0 atom stereocenters. The molecule has 0 aliphatic heterocycles. The van der Waals surface area contributed by atoms with E-state index in [1.807, 2.05) is 12.1 Å². The van der Waals surface area contributed by atoms with Gasteiger partial charge in [0.25, 0.3) is 0 Å². The van der Waals surface area contributed by atoms with Crippen LogP contribution in [-0.2, 0) is 6.42 Å². The van der Waals surface area contributed by atoms with Crippen LogP contribution in [0.4, 0.5) is 0 Å². The first-order chi connectivity index (χ1) is 9.65. The average molecular weight is 270 g/mol. The number of hydrogen-bond donors (Lipinski definition) is 1. The topological polar surface area (TPSA) is 46.5 Å². The zero-order valence-corrected chi connectivity index (χ0v) is 11.7. The molecule has 0 amide bonds. The summed E-state index contributed by atoms with van der Waals surface area (Å²) in [7, 11) is 1.59. The van der Waals surface area contributed by atoms with E-state index in [0.29, 0.717) is 5.75 Å². The predicted octanol–water partition coefficient (Wildman–Crippen LogP) is 4.01. The maximum absolute atomic E-state index is 11.1. The molecular weight excluding hydrogens is 252 g/mol. The van der Waals surface area contributed by atoms with Crippen LogP contribution in [0.25, 0.3) is 11.1 Å². The molecule has 0 aromatic heterocycles. The molecule has 0 aliphatic rings. The first-order valence-corrected chi connectivity index (χ1v) is 6.66. The van der Waals surface area contributed by atoms with Gasteiger partial charge in [-0.3, -0.25) is 0 Å². The van der Waals surface area contributed by atoms with Crippen LogP contribution in [0, 0.1) is 0 Å². The second-order valence-corrected chi connectivity index (χ2v) is 4.67. The fourth-order valence-corrected chi connectivity index (χ4v) is 2.25. The zero-order chi connectivity index (χ0) is 14.5. The Morgan fingerprint density at radius 3 is 2.65 bits per heavy atom. The van der Waals surface area contributed by atoms with Gasteiger partial charge >= 0.3 is 5.97 Å². The van der Waals surface area contributed by atoms with Gasteiger partial charge in [-0.05, 0) is 35.7 Å². The molecule has 0 radical (unpaired) electrons. The van der Waals surface area contributed by atoms with Gasteiger partial charge in [-0.2, -0.15) is 0 Å². The molecule has 3 nitrogen and oxygen atoms in total. The summed E-state index contributed by atoms with van der Waals surface area (Å²) in [5.41, 5.74) is 3.30. The number of benzene rings is 2. The van der Waals surface area contributed by atoms with Crippen molar-refractivity contribution in [2.75, 3.05) is 7.11 Å². The molecule has 0 heterocycles. The third-order valence-electron chi connectivity index (χ3n) is 3.22. The molecule has 2 aromatic carbocycles. The summed E-state index contributed by atoms with van der Waals surface area (Å²) in [4.78, 5) is 11.1. The van der Waals surface area contributed by atoms with Gasteiger partial charge in [0.2, 0.25) is 0 Å². The predicted molar refractivity (Wildman–Crippen MR) is 79.4 cm³/mol. The van der Waals surface area contributed by atoms with Crippen molar-refractivity contribution < 1.29 is 14.6 Å². The van der Waals surface area contributed by atoms with E-state index in [1.54, 1.807) is 25.3 Å². The van der Waals surface area contributed by atoms with Gasteiger partial charge < -0.3 is 9.84 Å². The number of rotatable bonds is 5. The molecule has 3 heteroatoms. The maximum Gasteiger partial charge on any atom is 0.335 e. The van der Waals surface area contributed by atoms with E-state index >= 15 is 0 Å². The molecule has 0 spiro atoms. The maximum atomic E-state index is 11.1. The van der Waals surface area contributed by atoms with E-state index in [0.717, 1.165) is 24.0 Å². The zero-order valence-electron chi connectivity index (χ0n) is 11.7. The Bertz CT molecular complexity index is 617. The van der Waals surface area contributed by atoms with Gasteiger partial charge in [-0.1, -0.05) is 37.6 Å². The fraction of sp³-hybridized carbons (Fsp3) is 0.235. The summed E-state index contributed by atoms with van der Waals surface area (Å²) in [5.74, 6) is -0.248. The molecule has 0 fully saturated rings. The van der Waals surface area contributed by atoms with E-state index < -0.39 is 5.97 Å². The number of carbonyl (C=O) groups is 1. The fourth-order valence-electron chi connectivity index (χ4n) is 2.25.